The summed E-state index contributed by atoms with van der Waals surface area (Å²) in [6.07, 6.45) is -1.42. The van der Waals surface area contributed by atoms with Crippen molar-refractivity contribution in [3.05, 3.63) is 42.2 Å². The molecule has 8 heteroatoms. The number of aromatic amines is 1. The fourth-order valence-electron chi connectivity index (χ4n) is 1.35. The van der Waals surface area contributed by atoms with E-state index in [4.69, 9.17) is 0 Å². The zero-order valence-electron chi connectivity index (χ0n) is 9.45. The van der Waals surface area contributed by atoms with Crippen LogP contribution in [0.15, 0.2) is 36.7 Å². The summed E-state index contributed by atoms with van der Waals surface area (Å²) < 4.78 is 37.0. The van der Waals surface area contributed by atoms with Gasteiger partial charge in [0.15, 0.2) is 0 Å². The molecule has 5 nitrogen and oxygen atoms in total. The molecule has 100 valence electrons. The van der Waals surface area contributed by atoms with E-state index in [1.54, 1.807) is 0 Å². The first kappa shape index (κ1) is 12.9. The van der Waals surface area contributed by atoms with Gasteiger partial charge in [0.1, 0.15) is 0 Å². The van der Waals surface area contributed by atoms with Crippen molar-refractivity contribution >= 4 is 17.7 Å². The lowest BCUT2D eigenvalue weighted by atomic mass is 10.2. The molecule has 1 aromatic carbocycles. The highest BCUT2D eigenvalue weighted by molar-refractivity contribution is 5.98. The number of anilines is 2. The average Bonchev–Trinajstić information content (AvgIpc) is 2.81. The van der Waals surface area contributed by atoms with Gasteiger partial charge in [-0.05, 0) is 24.3 Å². The quantitative estimate of drug-likeness (QED) is 0.784. The van der Waals surface area contributed by atoms with E-state index in [1.165, 1.54) is 24.5 Å². The number of benzene rings is 1. The number of imidazole rings is 1. The number of nitrogens with one attached hydrogen (secondary N) is 3. The first-order valence-electron chi connectivity index (χ1n) is 5.20. The van der Waals surface area contributed by atoms with E-state index >= 15 is 0 Å². The number of halogens is 3. The van der Waals surface area contributed by atoms with Crippen LogP contribution in [0.4, 0.5) is 29.6 Å². The monoisotopic (exact) mass is 270 g/mol. The Hall–Kier alpha value is -2.51. The van der Waals surface area contributed by atoms with Crippen molar-refractivity contribution < 1.29 is 18.0 Å². The summed E-state index contributed by atoms with van der Waals surface area (Å²) in [5.74, 6) is 0.240. The van der Waals surface area contributed by atoms with E-state index in [1.807, 2.05) is 0 Å². The number of alkyl halides is 3. The zero-order valence-corrected chi connectivity index (χ0v) is 9.45. The lowest BCUT2D eigenvalue weighted by Gasteiger charge is -2.08. The predicted molar refractivity (Wildman–Crippen MR) is 62.7 cm³/mol. The second-order valence-electron chi connectivity index (χ2n) is 3.59. The fourth-order valence-corrected chi connectivity index (χ4v) is 1.35. The van der Waals surface area contributed by atoms with Crippen molar-refractivity contribution in [2.75, 3.05) is 10.6 Å². The van der Waals surface area contributed by atoms with Crippen LogP contribution in [-0.4, -0.2) is 16.0 Å². The summed E-state index contributed by atoms with van der Waals surface area (Å²) in [5, 5.41) is 4.76. The SMILES string of the molecule is O=C(Nc1ccc(C(F)(F)F)cc1)Nc1ncc[nH]1. The summed E-state index contributed by atoms with van der Waals surface area (Å²) in [7, 11) is 0. The minimum absolute atomic E-state index is 0.240. The minimum Gasteiger partial charge on any atom is -0.331 e. The van der Waals surface area contributed by atoms with Gasteiger partial charge in [-0.1, -0.05) is 0 Å². The molecule has 1 aromatic heterocycles. The van der Waals surface area contributed by atoms with E-state index in [2.05, 4.69) is 20.6 Å². The molecule has 0 bridgehead atoms. The molecule has 2 aromatic rings. The predicted octanol–water partition coefficient (Wildman–Crippen LogP) is 3.07. The highest BCUT2D eigenvalue weighted by Gasteiger charge is 2.29. The lowest BCUT2D eigenvalue weighted by Crippen LogP contribution is -2.20. The van der Waals surface area contributed by atoms with Crippen LogP contribution in [0.1, 0.15) is 5.56 Å². The van der Waals surface area contributed by atoms with Crippen molar-refractivity contribution in [2.24, 2.45) is 0 Å². The average molecular weight is 270 g/mol. The summed E-state index contributed by atoms with van der Waals surface area (Å²) in [5.41, 5.74) is -0.526. The molecule has 0 unspecified atom stereocenters. The van der Waals surface area contributed by atoms with Crippen LogP contribution < -0.4 is 10.6 Å². The Kier molecular flexibility index (Phi) is 3.41. The number of hydrogen-bond donors (Lipinski definition) is 3. The Morgan fingerprint density at radius 2 is 1.84 bits per heavy atom. The van der Waals surface area contributed by atoms with Crippen molar-refractivity contribution in [1.82, 2.24) is 9.97 Å². The second-order valence-corrected chi connectivity index (χ2v) is 3.59. The van der Waals surface area contributed by atoms with Gasteiger partial charge in [-0.2, -0.15) is 13.2 Å². The zero-order chi connectivity index (χ0) is 13.9. The van der Waals surface area contributed by atoms with Gasteiger partial charge in [0.25, 0.3) is 0 Å². The normalized spacial score (nSPS) is 11.1. The molecule has 0 radical (unpaired) electrons. The molecular weight excluding hydrogens is 261 g/mol. The van der Waals surface area contributed by atoms with Crippen LogP contribution in [0.3, 0.4) is 0 Å². The Bertz CT molecular complexity index is 548. The summed E-state index contributed by atoms with van der Waals surface area (Å²) in [4.78, 5) is 17.9. The molecule has 0 saturated carbocycles. The van der Waals surface area contributed by atoms with Crippen LogP contribution in [0.25, 0.3) is 0 Å². The maximum atomic E-state index is 12.3. The molecule has 19 heavy (non-hydrogen) atoms. The smallest absolute Gasteiger partial charge is 0.331 e. The number of rotatable bonds is 2. The Balaban J connectivity index is 1.98. The van der Waals surface area contributed by atoms with E-state index in [9.17, 15) is 18.0 Å². The van der Waals surface area contributed by atoms with Gasteiger partial charge in [0.05, 0.1) is 5.56 Å². The third kappa shape index (κ3) is 3.47. The molecule has 1 heterocycles. The molecule has 0 fully saturated rings. The van der Waals surface area contributed by atoms with Crippen LogP contribution in [-0.2, 0) is 6.18 Å². The number of carbonyl (C=O) groups is 1. The van der Waals surface area contributed by atoms with Crippen LogP contribution >= 0.6 is 0 Å². The maximum absolute atomic E-state index is 12.3. The molecule has 0 aliphatic heterocycles. The summed E-state index contributed by atoms with van der Waals surface area (Å²) in [6, 6.07) is 3.52. The molecule has 0 atom stereocenters. The van der Waals surface area contributed by atoms with Gasteiger partial charge in [0.2, 0.25) is 5.95 Å². The Morgan fingerprint density at radius 3 is 2.37 bits per heavy atom. The standard InChI is InChI=1S/C11H9F3N4O/c12-11(13,14)7-1-3-8(4-2-7)17-10(19)18-9-15-5-6-16-9/h1-6H,(H3,15,16,17,18,19). The number of nitrogens with zero attached hydrogens (tertiary/aromatic N) is 1. The lowest BCUT2D eigenvalue weighted by molar-refractivity contribution is -0.137. The molecule has 3 N–H and O–H groups in total. The van der Waals surface area contributed by atoms with E-state index < -0.39 is 17.8 Å². The third-order valence-electron chi connectivity index (χ3n) is 2.20. The van der Waals surface area contributed by atoms with Gasteiger partial charge in [0, 0.05) is 18.1 Å². The Morgan fingerprint density at radius 1 is 1.16 bits per heavy atom. The Labute approximate surface area is 105 Å². The molecular formula is C11H9F3N4O. The van der Waals surface area contributed by atoms with Crippen LogP contribution in [0.2, 0.25) is 0 Å². The van der Waals surface area contributed by atoms with Crippen LogP contribution in [0.5, 0.6) is 0 Å². The molecule has 0 saturated heterocycles. The largest absolute Gasteiger partial charge is 0.416 e. The first-order valence-corrected chi connectivity index (χ1v) is 5.20. The summed E-state index contributed by atoms with van der Waals surface area (Å²) >= 11 is 0. The number of carbonyl (C=O) groups excluding carboxylic acids is 1. The minimum atomic E-state index is -4.39. The van der Waals surface area contributed by atoms with Gasteiger partial charge < -0.3 is 10.3 Å². The van der Waals surface area contributed by atoms with Crippen molar-refractivity contribution in [1.29, 1.82) is 0 Å². The van der Waals surface area contributed by atoms with Crippen molar-refractivity contribution in [3.8, 4) is 0 Å². The van der Waals surface area contributed by atoms with Gasteiger partial charge >= 0.3 is 12.2 Å². The fraction of sp³-hybridized carbons (Fsp3) is 0.0909. The molecule has 0 spiro atoms. The number of urea groups is 1. The van der Waals surface area contributed by atoms with Gasteiger partial charge in [-0.3, -0.25) is 5.32 Å². The van der Waals surface area contributed by atoms with Crippen LogP contribution in [0, 0.1) is 0 Å². The molecule has 0 aliphatic rings. The first-order chi connectivity index (χ1) is 8.95. The van der Waals surface area contributed by atoms with Gasteiger partial charge in [-0.25, -0.2) is 9.78 Å². The highest BCUT2D eigenvalue weighted by atomic mass is 19.4. The highest BCUT2D eigenvalue weighted by Crippen LogP contribution is 2.29. The van der Waals surface area contributed by atoms with E-state index in [0.717, 1.165) is 12.1 Å². The van der Waals surface area contributed by atoms with Gasteiger partial charge in [-0.15, -0.1) is 0 Å². The third-order valence-corrected chi connectivity index (χ3v) is 2.20. The molecule has 2 rings (SSSR count). The van der Waals surface area contributed by atoms with E-state index in [0.29, 0.717) is 0 Å². The van der Waals surface area contributed by atoms with E-state index in [-0.39, 0.29) is 11.6 Å². The van der Waals surface area contributed by atoms with Crippen molar-refractivity contribution in [3.63, 3.8) is 0 Å². The maximum Gasteiger partial charge on any atom is 0.416 e. The number of aromatic nitrogens is 2. The number of hydrogen-bond acceptors (Lipinski definition) is 2. The topological polar surface area (TPSA) is 69.8 Å². The molecule has 0 aliphatic carbocycles. The number of amides is 2. The summed E-state index contributed by atoms with van der Waals surface area (Å²) in [6.45, 7) is 0. The number of H-pyrrole nitrogens is 1. The van der Waals surface area contributed by atoms with Crippen molar-refractivity contribution in [2.45, 2.75) is 6.18 Å². The second kappa shape index (κ2) is 5.01. The molecule has 2 amide bonds.